The van der Waals surface area contributed by atoms with Gasteiger partial charge in [-0.3, -0.25) is 0 Å². The second kappa shape index (κ2) is 7.41. The highest BCUT2D eigenvalue weighted by Gasteiger charge is 2.56. The number of nitrogens with zero attached hydrogens (tertiary/aromatic N) is 3. The van der Waals surface area contributed by atoms with E-state index in [2.05, 4.69) is 9.97 Å². The first-order chi connectivity index (χ1) is 14.6. The number of hydrogen-bond acceptors (Lipinski definition) is 7. The number of benzene rings is 1. The molecule has 1 aliphatic rings. The lowest BCUT2D eigenvalue weighted by molar-refractivity contribution is -0.115. The molecule has 31 heavy (non-hydrogen) atoms. The van der Waals surface area contributed by atoms with Gasteiger partial charge in [-0.2, -0.15) is 0 Å². The van der Waals surface area contributed by atoms with Crippen molar-refractivity contribution in [3.8, 4) is 0 Å². The van der Waals surface area contributed by atoms with Gasteiger partial charge in [-0.15, -0.1) is 0 Å². The summed E-state index contributed by atoms with van der Waals surface area (Å²) in [7, 11) is 0. The molecule has 1 aromatic carbocycles. The van der Waals surface area contributed by atoms with Crippen LogP contribution in [0.15, 0.2) is 30.7 Å². The molecule has 0 spiro atoms. The van der Waals surface area contributed by atoms with E-state index < -0.39 is 59.3 Å². The normalized spacial score (nSPS) is 27.3. The van der Waals surface area contributed by atoms with Crippen LogP contribution in [0.1, 0.15) is 36.8 Å². The number of aliphatic hydroxyl groups is 3. The number of alkyl halides is 2. The van der Waals surface area contributed by atoms with Gasteiger partial charge in [-0.1, -0.05) is 6.07 Å². The van der Waals surface area contributed by atoms with E-state index in [-0.39, 0.29) is 11.5 Å². The van der Waals surface area contributed by atoms with Gasteiger partial charge in [-0.25, -0.2) is 27.5 Å². The number of anilines is 1. The van der Waals surface area contributed by atoms with Crippen LogP contribution in [-0.2, 0) is 4.74 Å². The molecular weight excluding hydrogens is 424 g/mol. The number of hydrogen-bond donors (Lipinski definition) is 4. The molecule has 1 fully saturated rings. The molecule has 8 nitrogen and oxygen atoms in total. The monoisotopic (exact) mass is 442 g/mol. The Morgan fingerprint density at radius 1 is 1.23 bits per heavy atom. The number of aromatic nitrogens is 3. The standard InChI is InChI=1S/C19H18F4N4O4/c1-19(30)13(29)18(27-5-4-8-16(24)25-6-26-17(8)27)31-14(19)12(28)7-2-3-9(20)10(11(7)21)15(22)23/h2-6,12-15,18,28-30H,1H3,(H2,24,25,26)/t12?,13-,14+,18+,19-/m0/s1. The zero-order chi connectivity index (χ0) is 22.7. The third-order valence-corrected chi connectivity index (χ3v) is 5.53. The van der Waals surface area contributed by atoms with Gasteiger partial charge in [0.25, 0.3) is 6.43 Å². The Hall–Kier alpha value is -2.80. The van der Waals surface area contributed by atoms with Gasteiger partial charge < -0.3 is 30.4 Å². The van der Waals surface area contributed by atoms with Crippen molar-refractivity contribution in [2.75, 3.05) is 5.73 Å². The number of ether oxygens (including phenoxy) is 1. The van der Waals surface area contributed by atoms with Gasteiger partial charge >= 0.3 is 0 Å². The summed E-state index contributed by atoms with van der Waals surface area (Å²) >= 11 is 0. The maximum atomic E-state index is 14.5. The van der Waals surface area contributed by atoms with E-state index in [0.29, 0.717) is 11.5 Å². The second-order valence-corrected chi connectivity index (χ2v) is 7.45. The van der Waals surface area contributed by atoms with Crippen LogP contribution in [0.4, 0.5) is 23.4 Å². The van der Waals surface area contributed by atoms with Crippen LogP contribution in [0.5, 0.6) is 0 Å². The lowest BCUT2D eigenvalue weighted by Gasteiger charge is -2.30. The molecule has 166 valence electrons. The number of rotatable bonds is 4. The van der Waals surface area contributed by atoms with E-state index >= 15 is 0 Å². The summed E-state index contributed by atoms with van der Waals surface area (Å²) in [6.07, 6.45) is -7.42. The van der Waals surface area contributed by atoms with E-state index in [1.54, 1.807) is 6.07 Å². The van der Waals surface area contributed by atoms with Gasteiger partial charge in [0.05, 0.1) is 10.9 Å². The summed E-state index contributed by atoms with van der Waals surface area (Å²) in [5.41, 5.74) is 1.68. The molecule has 5 atom stereocenters. The summed E-state index contributed by atoms with van der Waals surface area (Å²) in [5, 5.41) is 32.6. The highest BCUT2D eigenvalue weighted by atomic mass is 19.3. The van der Waals surface area contributed by atoms with Crippen molar-refractivity contribution in [1.82, 2.24) is 14.5 Å². The Morgan fingerprint density at radius 2 is 1.94 bits per heavy atom. The first-order valence-corrected chi connectivity index (χ1v) is 9.12. The summed E-state index contributed by atoms with van der Waals surface area (Å²) < 4.78 is 61.2. The predicted octanol–water partition coefficient (Wildman–Crippen LogP) is 1.97. The van der Waals surface area contributed by atoms with Crippen molar-refractivity contribution in [3.63, 3.8) is 0 Å². The lowest BCUT2D eigenvalue weighted by Crippen LogP contribution is -2.47. The number of fused-ring (bicyclic) bond motifs is 1. The van der Waals surface area contributed by atoms with Gasteiger partial charge in [-0.05, 0) is 19.1 Å². The number of nitrogen functional groups attached to an aromatic ring is 1. The fourth-order valence-corrected chi connectivity index (χ4v) is 3.80. The Bertz CT molecular complexity index is 1140. The van der Waals surface area contributed by atoms with E-state index in [4.69, 9.17) is 10.5 Å². The average Bonchev–Trinajstić information content (AvgIpc) is 3.21. The fraction of sp³-hybridized carbons (Fsp3) is 0.368. The molecule has 0 radical (unpaired) electrons. The Morgan fingerprint density at radius 3 is 2.61 bits per heavy atom. The highest BCUT2D eigenvalue weighted by Crippen LogP contribution is 2.44. The molecule has 2 aromatic heterocycles. The molecule has 0 aliphatic carbocycles. The van der Waals surface area contributed by atoms with Crippen LogP contribution < -0.4 is 5.73 Å². The van der Waals surface area contributed by atoms with Crippen molar-refractivity contribution >= 4 is 16.9 Å². The molecular formula is C19H18F4N4O4. The Kier molecular flexibility index (Phi) is 5.12. The third kappa shape index (κ3) is 3.22. The molecule has 0 saturated carbocycles. The molecule has 5 N–H and O–H groups in total. The molecule has 1 saturated heterocycles. The molecule has 1 unspecified atom stereocenters. The summed E-state index contributed by atoms with van der Waals surface area (Å²) in [6, 6.07) is 2.91. The van der Waals surface area contributed by atoms with Gasteiger partial charge in [0.15, 0.2) is 6.23 Å². The summed E-state index contributed by atoms with van der Waals surface area (Å²) in [5.74, 6) is -2.98. The van der Waals surface area contributed by atoms with Crippen molar-refractivity contribution < 1.29 is 37.6 Å². The Balaban J connectivity index is 1.73. The number of aliphatic hydroxyl groups excluding tert-OH is 2. The van der Waals surface area contributed by atoms with Crippen LogP contribution in [0.2, 0.25) is 0 Å². The van der Waals surface area contributed by atoms with Crippen LogP contribution in [0.3, 0.4) is 0 Å². The van der Waals surface area contributed by atoms with Crippen LogP contribution in [0.25, 0.3) is 11.0 Å². The molecule has 4 rings (SSSR count). The number of halogens is 4. The third-order valence-electron chi connectivity index (χ3n) is 5.53. The fourth-order valence-electron chi connectivity index (χ4n) is 3.80. The zero-order valence-corrected chi connectivity index (χ0v) is 16.0. The number of nitrogens with two attached hydrogens (primary N) is 1. The highest BCUT2D eigenvalue weighted by molar-refractivity contribution is 5.86. The lowest BCUT2D eigenvalue weighted by atomic mass is 9.87. The van der Waals surface area contributed by atoms with E-state index in [1.807, 2.05) is 0 Å². The molecule has 3 heterocycles. The predicted molar refractivity (Wildman–Crippen MR) is 98.8 cm³/mol. The van der Waals surface area contributed by atoms with Crippen molar-refractivity contribution in [1.29, 1.82) is 0 Å². The van der Waals surface area contributed by atoms with Gasteiger partial charge in [0, 0.05) is 11.8 Å². The van der Waals surface area contributed by atoms with Crippen LogP contribution in [-0.4, -0.2) is 47.7 Å². The van der Waals surface area contributed by atoms with E-state index in [1.165, 1.54) is 17.1 Å². The minimum atomic E-state index is -3.47. The molecule has 1 aliphatic heterocycles. The molecule has 3 aromatic rings. The average molecular weight is 442 g/mol. The first kappa shape index (κ1) is 21.4. The van der Waals surface area contributed by atoms with Crippen LogP contribution in [0, 0.1) is 11.6 Å². The van der Waals surface area contributed by atoms with E-state index in [0.717, 1.165) is 13.0 Å². The molecule has 12 heteroatoms. The zero-order valence-electron chi connectivity index (χ0n) is 16.0. The first-order valence-electron chi connectivity index (χ1n) is 9.12. The van der Waals surface area contributed by atoms with Crippen molar-refractivity contribution in [2.45, 2.75) is 43.5 Å². The minimum absolute atomic E-state index is 0.160. The van der Waals surface area contributed by atoms with Gasteiger partial charge in [0.1, 0.15) is 53.3 Å². The summed E-state index contributed by atoms with van der Waals surface area (Å²) in [6.45, 7) is 1.13. The largest absolute Gasteiger partial charge is 0.385 e. The molecule has 0 bridgehead atoms. The Labute approximate surface area is 172 Å². The maximum absolute atomic E-state index is 14.5. The molecule has 0 amide bonds. The van der Waals surface area contributed by atoms with Crippen molar-refractivity contribution in [3.05, 3.63) is 53.5 Å². The van der Waals surface area contributed by atoms with Gasteiger partial charge in [0.2, 0.25) is 0 Å². The van der Waals surface area contributed by atoms with Crippen LogP contribution >= 0.6 is 0 Å². The smallest absolute Gasteiger partial charge is 0.269 e. The topological polar surface area (TPSA) is 127 Å². The summed E-state index contributed by atoms with van der Waals surface area (Å²) in [4.78, 5) is 7.91. The SMILES string of the molecule is C[C@@]1(O)[C@@H](C(O)c2ccc(F)c(C(F)F)c2F)O[C@@H](n2ccc3c(N)ncnc32)[C@@H]1O. The van der Waals surface area contributed by atoms with Crippen molar-refractivity contribution in [2.24, 2.45) is 0 Å². The second-order valence-electron chi connectivity index (χ2n) is 7.45. The minimum Gasteiger partial charge on any atom is -0.385 e. The quantitative estimate of drug-likeness (QED) is 0.455. The maximum Gasteiger partial charge on any atom is 0.269 e. The van der Waals surface area contributed by atoms with E-state index in [9.17, 15) is 32.9 Å².